The van der Waals surface area contributed by atoms with E-state index in [0.717, 1.165) is 6.42 Å². The molecule has 0 aliphatic carbocycles. The Balaban J connectivity index is 2.64. The third-order valence-electron chi connectivity index (χ3n) is 3.17. The van der Waals surface area contributed by atoms with E-state index in [1.165, 1.54) is 0 Å². The van der Waals surface area contributed by atoms with Crippen LogP contribution in [0, 0.1) is 5.92 Å². The van der Waals surface area contributed by atoms with Crippen molar-refractivity contribution in [3.05, 3.63) is 34.9 Å². The van der Waals surface area contributed by atoms with Crippen molar-refractivity contribution >= 4 is 23.5 Å². The SMILES string of the molecule is CC(C)CCOC(C)C(=O)NC(C(=O)O)c1ccc(Cl)cc1. The molecule has 122 valence electrons. The van der Waals surface area contributed by atoms with Crippen molar-refractivity contribution in [1.82, 2.24) is 5.32 Å². The lowest BCUT2D eigenvalue weighted by Gasteiger charge is -2.19. The molecule has 0 saturated heterocycles. The van der Waals surface area contributed by atoms with Crippen LogP contribution in [0.4, 0.5) is 0 Å². The highest BCUT2D eigenvalue weighted by atomic mass is 35.5. The van der Waals surface area contributed by atoms with Gasteiger partial charge < -0.3 is 15.2 Å². The normalized spacial score (nSPS) is 13.7. The lowest BCUT2D eigenvalue weighted by atomic mass is 10.1. The monoisotopic (exact) mass is 327 g/mol. The van der Waals surface area contributed by atoms with E-state index < -0.39 is 24.0 Å². The maximum Gasteiger partial charge on any atom is 0.330 e. The van der Waals surface area contributed by atoms with Crippen LogP contribution >= 0.6 is 11.6 Å². The van der Waals surface area contributed by atoms with Crippen molar-refractivity contribution in [2.75, 3.05) is 6.61 Å². The average molecular weight is 328 g/mol. The first-order valence-electron chi connectivity index (χ1n) is 7.21. The molecule has 22 heavy (non-hydrogen) atoms. The van der Waals surface area contributed by atoms with Crippen molar-refractivity contribution in [2.24, 2.45) is 5.92 Å². The van der Waals surface area contributed by atoms with Gasteiger partial charge in [0.1, 0.15) is 6.10 Å². The van der Waals surface area contributed by atoms with E-state index in [0.29, 0.717) is 23.1 Å². The number of hydrogen-bond acceptors (Lipinski definition) is 3. The molecule has 0 fully saturated rings. The first kappa shape index (κ1) is 18.5. The molecule has 1 aromatic rings. The van der Waals surface area contributed by atoms with Gasteiger partial charge in [0.2, 0.25) is 5.91 Å². The molecule has 0 radical (unpaired) electrons. The van der Waals surface area contributed by atoms with Gasteiger partial charge in [0.25, 0.3) is 0 Å². The topological polar surface area (TPSA) is 75.6 Å². The highest BCUT2D eigenvalue weighted by Crippen LogP contribution is 2.17. The van der Waals surface area contributed by atoms with Crippen molar-refractivity contribution in [3.63, 3.8) is 0 Å². The predicted molar refractivity (Wildman–Crippen MR) is 84.8 cm³/mol. The number of rotatable bonds is 8. The molecule has 1 rings (SSSR count). The Morgan fingerprint density at radius 1 is 1.23 bits per heavy atom. The maximum atomic E-state index is 12.0. The van der Waals surface area contributed by atoms with Crippen molar-refractivity contribution < 1.29 is 19.4 Å². The second kappa shape index (κ2) is 8.76. The molecule has 0 aliphatic rings. The number of carbonyl (C=O) groups excluding carboxylic acids is 1. The minimum absolute atomic E-state index is 0.453. The first-order valence-corrected chi connectivity index (χ1v) is 7.59. The fraction of sp³-hybridized carbons (Fsp3) is 0.500. The molecule has 2 unspecified atom stereocenters. The van der Waals surface area contributed by atoms with Gasteiger partial charge >= 0.3 is 5.97 Å². The summed E-state index contributed by atoms with van der Waals surface area (Å²) in [5.41, 5.74) is 0.458. The van der Waals surface area contributed by atoms with Gasteiger partial charge in [-0.1, -0.05) is 37.6 Å². The quantitative estimate of drug-likeness (QED) is 0.769. The van der Waals surface area contributed by atoms with Gasteiger partial charge in [-0.05, 0) is 37.0 Å². The summed E-state index contributed by atoms with van der Waals surface area (Å²) in [4.78, 5) is 23.4. The number of aliphatic carboxylic acids is 1. The van der Waals surface area contributed by atoms with Crippen LogP contribution in [-0.2, 0) is 14.3 Å². The van der Waals surface area contributed by atoms with Crippen LogP contribution in [0.5, 0.6) is 0 Å². The fourth-order valence-electron chi connectivity index (χ4n) is 1.76. The van der Waals surface area contributed by atoms with Crippen LogP contribution in [-0.4, -0.2) is 29.7 Å². The third-order valence-corrected chi connectivity index (χ3v) is 3.42. The summed E-state index contributed by atoms with van der Waals surface area (Å²) < 4.78 is 5.42. The number of carboxylic acids is 1. The zero-order valence-electron chi connectivity index (χ0n) is 13.0. The Bertz CT molecular complexity index is 501. The van der Waals surface area contributed by atoms with Gasteiger partial charge in [-0.15, -0.1) is 0 Å². The van der Waals surface area contributed by atoms with E-state index in [2.05, 4.69) is 19.2 Å². The number of halogens is 1. The van der Waals surface area contributed by atoms with Gasteiger partial charge in [0.15, 0.2) is 6.04 Å². The molecular formula is C16H22ClNO4. The van der Waals surface area contributed by atoms with Gasteiger partial charge in [0, 0.05) is 11.6 Å². The van der Waals surface area contributed by atoms with Crippen molar-refractivity contribution in [1.29, 1.82) is 0 Å². The first-order chi connectivity index (χ1) is 10.3. The maximum absolute atomic E-state index is 12.0. The molecule has 5 nitrogen and oxygen atoms in total. The standard InChI is InChI=1S/C16H22ClNO4/c1-10(2)8-9-22-11(3)15(19)18-14(16(20)21)12-4-6-13(17)7-5-12/h4-7,10-11,14H,8-9H2,1-3H3,(H,18,19)(H,20,21). The van der Waals surface area contributed by atoms with Crippen molar-refractivity contribution in [2.45, 2.75) is 39.3 Å². The Morgan fingerprint density at radius 3 is 2.32 bits per heavy atom. The average Bonchev–Trinajstić information content (AvgIpc) is 2.44. The Morgan fingerprint density at radius 2 is 1.82 bits per heavy atom. The molecular weight excluding hydrogens is 306 g/mol. The lowest BCUT2D eigenvalue weighted by molar-refractivity contribution is -0.144. The summed E-state index contributed by atoms with van der Waals surface area (Å²) in [5, 5.41) is 12.3. The molecule has 1 amide bonds. The number of amides is 1. The minimum Gasteiger partial charge on any atom is -0.479 e. The smallest absolute Gasteiger partial charge is 0.330 e. The van der Waals surface area contributed by atoms with Crippen LogP contribution in [0.3, 0.4) is 0 Å². The lowest BCUT2D eigenvalue weighted by Crippen LogP contribution is -2.40. The largest absolute Gasteiger partial charge is 0.479 e. The van der Waals surface area contributed by atoms with E-state index in [-0.39, 0.29) is 0 Å². The van der Waals surface area contributed by atoms with E-state index >= 15 is 0 Å². The fourth-order valence-corrected chi connectivity index (χ4v) is 1.88. The van der Waals surface area contributed by atoms with Crippen LogP contribution < -0.4 is 5.32 Å². The molecule has 0 aromatic heterocycles. The highest BCUT2D eigenvalue weighted by Gasteiger charge is 2.24. The minimum atomic E-state index is -1.13. The molecule has 0 saturated carbocycles. The Hall–Kier alpha value is -1.59. The number of hydrogen-bond donors (Lipinski definition) is 2. The summed E-state index contributed by atoms with van der Waals surface area (Å²) >= 11 is 5.78. The molecule has 2 atom stereocenters. The third kappa shape index (κ3) is 6.03. The zero-order valence-corrected chi connectivity index (χ0v) is 13.8. The van der Waals surface area contributed by atoms with Gasteiger partial charge in [-0.25, -0.2) is 4.79 Å². The number of carbonyl (C=O) groups is 2. The molecule has 0 bridgehead atoms. The molecule has 2 N–H and O–H groups in total. The van der Waals surface area contributed by atoms with Gasteiger partial charge in [-0.2, -0.15) is 0 Å². The predicted octanol–water partition coefficient (Wildman–Crippen LogP) is 3.03. The Kier molecular flexibility index (Phi) is 7.35. The molecule has 0 aliphatic heterocycles. The molecule has 1 aromatic carbocycles. The zero-order chi connectivity index (χ0) is 16.7. The summed E-state index contributed by atoms with van der Waals surface area (Å²) in [6, 6.07) is 5.20. The summed E-state index contributed by atoms with van der Waals surface area (Å²) in [7, 11) is 0. The van der Waals surface area contributed by atoms with Crippen LogP contribution in [0.15, 0.2) is 24.3 Å². The Labute approximate surface area is 135 Å². The van der Waals surface area contributed by atoms with Gasteiger partial charge in [-0.3, -0.25) is 4.79 Å². The van der Waals surface area contributed by atoms with E-state index in [1.807, 2.05) is 0 Å². The van der Waals surface area contributed by atoms with Crippen molar-refractivity contribution in [3.8, 4) is 0 Å². The highest BCUT2D eigenvalue weighted by molar-refractivity contribution is 6.30. The second-order valence-electron chi connectivity index (χ2n) is 5.53. The molecule has 0 heterocycles. The van der Waals surface area contributed by atoms with E-state index in [9.17, 15) is 14.7 Å². The number of nitrogens with one attached hydrogen (secondary N) is 1. The number of ether oxygens (including phenoxy) is 1. The van der Waals surface area contributed by atoms with Crippen LogP contribution in [0.1, 0.15) is 38.8 Å². The summed E-state index contributed by atoms with van der Waals surface area (Å²) in [6.07, 6.45) is 0.143. The van der Waals surface area contributed by atoms with Gasteiger partial charge in [0.05, 0.1) is 0 Å². The van der Waals surface area contributed by atoms with Crippen LogP contribution in [0.2, 0.25) is 5.02 Å². The number of carboxylic acid groups (broad SMARTS) is 1. The summed E-state index contributed by atoms with van der Waals surface area (Å²) in [5.74, 6) is -1.10. The van der Waals surface area contributed by atoms with E-state index in [1.54, 1.807) is 31.2 Å². The second-order valence-corrected chi connectivity index (χ2v) is 5.96. The number of benzene rings is 1. The summed E-state index contributed by atoms with van der Waals surface area (Å²) in [6.45, 7) is 6.20. The molecule has 0 spiro atoms. The molecule has 6 heteroatoms. The van der Waals surface area contributed by atoms with E-state index in [4.69, 9.17) is 16.3 Å². The van der Waals surface area contributed by atoms with Crippen LogP contribution in [0.25, 0.3) is 0 Å².